The summed E-state index contributed by atoms with van der Waals surface area (Å²) in [6, 6.07) is 6.24. The van der Waals surface area contributed by atoms with Crippen LogP contribution in [0.4, 0.5) is 5.82 Å². The average Bonchev–Trinajstić information content (AvgIpc) is 2.82. The molecule has 3 nitrogen and oxygen atoms in total. The molecule has 0 unspecified atom stereocenters. The van der Waals surface area contributed by atoms with Crippen LogP contribution < -0.4 is 5.32 Å². The quantitative estimate of drug-likeness (QED) is 0.892. The Kier molecular flexibility index (Phi) is 4.31. The normalized spacial score (nSPS) is 10.9. The van der Waals surface area contributed by atoms with E-state index in [1.165, 1.54) is 4.88 Å². The Hall–Kier alpha value is -1.42. The van der Waals surface area contributed by atoms with E-state index in [2.05, 4.69) is 53.6 Å². The van der Waals surface area contributed by atoms with Crippen molar-refractivity contribution in [3.63, 3.8) is 0 Å². The van der Waals surface area contributed by atoms with Crippen LogP contribution in [0.3, 0.4) is 0 Å². The van der Waals surface area contributed by atoms with Gasteiger partial charge < -0.3 is 5.32 Å². The monoisotopic (exact) mass is 261 g/mol. The summed E-state index contributed by atoms with van der Waals surface area (Å²) in [6.07, 6.45) is 0.816. The van der Waals surface area contributed by atoms with Crippen LogP contribution in [0.2, 0.25) is 0 Å². The number of nitrogens with zero attached hydrogens (tertiary/aromatic N) is 2. The van der Waals surface area contributed by atoms with Gasteiger partial charge in [0, 0.05) is 29.6 Å². The van der Waals surface area contributed by atoms with Gasteiger partial charge in [0.25, 0.3) is 0 Å². The molecule has 0 spiro atoms. The van der Waals surface area contributed by atoms with Crippen molar-refractivity contribution in [1.29, 1.82) is 0 Å². The zero-order valence-electron chi connectivity index (χ0n) is 11.1. The Morgan fingerprint density at radius 1 is 1.33 bits per heavy atom. The van der Waals surface area contributed by atoms with Crippen LogP contribution in [0.1, 0.15) is 43.1 Å². The Balaban J connectivity index is 2.27. The molecule has 0 radical (unpaired) electrons. The molecule has 0 bridgehead atoms. The minimum absolute atomic E-state index is 0.424. The van der Waals surface area contributed by atoms with E-state index in [-0.39, 0.29) is 0 Å². The Labute approximate surface area is 112 Å². The maximum atomic E-state index is 4.65. The fourth-order valence-corrected chi connectivity index (χ4v) is 2.43. The molecule has 2 aromatic heterocycles. The molecule has 2 rings (SSSR count). The number of aromatic nitrogens is 2. The Morgan fingerprint density at radius 3 is 2.78 bits per heavy atom. The topological polar surface area (TPSA) is 37.8 Å². The van der Waals surface area contributed by atoms with E-state index in [1.54, 1.807) is 11.3 Å². The van der Waals surface area contributed by atoms with Crippen molar-refractivity contribution < 1.29 is 0 Å². The van der Waals surface area contributed by atoms with E-state index in [4.69, 9.17) is 0 Å². The third kappa shape index (κ3) is 3.29. The largest absolute Gasteiger partial charge is 0.370 e. The van der Waals surface area contributed by atoms with Gasteiger partial charge in [-0.25, -0.2) is 9.97 Å². The lowest BCUT2D eigenvalue weighted by molar-refractivity contribution is 0.793. The van der Waals surface area contributed by atoms with Gasteiger partial charge in [0.2, 0.25) is 0 Å². The van der Waals surface area contributed by atoms with E-state index < -0.39 is 0 Å². The molecule has 0 aromatic carbocycles. The number of nitrogens with one attached hydrogen (secondary N) is 1. The van der Waals surface area contributed by atoms with Crippen molar-refractivity contribution in [1.82, 2.24) is 9.97 Å². The van der Waals surface area contributed by atoms with Gasteiger partial charge in [0.05, 0.1) is 0 Å². The molecule has 0 atom stereocenters. The molecule has 0 saturated carbocycles. The highest BCUT2D eigenvalue weighted by atomic mass is 32.1. The molecular weight excluding hydrogens is 242 g/mol. The van der Waals surface area contributed by atoms with Crippen LogP contribution >= 0.6 is 11.3 Å². The fourth-order valence-electron chi connectivity index (χ4n) is 1.73. The van der Waals surface area contributed by atoms with Crippen molar-refractivity contribution >= 4 is 17.2 Å². The first kappa shape index (κ1) is 13.0. The highest BCUT2D eigenvalue weighted by Gasteiger charge is 2.08. The molecule has 0 aliphatic rings. The standard InChI is InChI=1S/C14H19N3S/c1-4-15-13-9-12(10(2)3)16-14(17-13)8-11-6-5-7-18-11/h5-7,9-10H,4,8H2,1-3H3,(H,15,16,17). The first-order valence-corrected chi connectivity index (χ1v) is 7.21. The molecular formula is C14H19N3S. The predicted molar refractivity (Wildman–Crippen MR) is 77.4 cm³/mol. The van der Waals surface area contributed by atoms with E-state index >= 15 is 0 Å². The van der Waals surface area contributed by atoms with Crippen LogP contribution in [0, 0.1) is 0 Å². The zero-order chi connectivity index (χ0) is 13.0. The smallest absolute Gasteiger partial charge is 0.136 e. The van der Waals surface area contributed by atoms with Gasteiger partial charge in [-0.2, -0.15) is 0 Å². The second kappa shape index (κ2) is 5.96. The maximum Gasteiger partial charge on any atom is 0.136 e. The molecule has 4 heteroatoms. The highest BCUT2D eigenvalue weighted by Crippen LogP contribution is 2.18. The van der Waals surface area contributed by atoms with Crippen molar-refractivity contribution in [3.8, 4) is 0 Å². The molecule has 0 fully saturated rings. The van der Waals surface area contributed by atoms with Gasteiger partial charge in [-0.05, 0) is 24.3 Å². The molecule has 0 aliphatic carbocycles. The number of anilines is 1. The van der Waals surface area contributed by atoms with Gasteiger partial charge in [-0.1, -0.05) is 19.9 Å². The Morgan fingerprint density at radius 2 is 2.17 bits per heavy atom. The zero-order valence-corrected chi connectivity index (χ0v) is 11.9. The van der Waals surface area contributed by atoms with Crippen molar-refractivity contribution in [2.45, 2.75) is 33.1 Å². The first-order chi connectivity index (χ1) is 8.69. The number of thiophene rings is 1. The molecule has 18 heavy (non-hydrogen) atoms. The third-order valence-electron chi connectivity index (χ3n) is 2.65. The molecule has 2 aromatic rings. The second-order valence-corrected chi connectivity index (χ2v) is 5.57. The van der Waals surface area contributed by atoms with Gasteiger partial charge in [0.15, 0.2) is 0 Å². The van der Waals surface area contributed by atoms with Gasteiger partial charge >= 0.3 is 0 Å². The lowest BCUT2D eigenvalue weighted by atomic mass is 10.1. The van der Waals surface area contributed by atoms with E-state index in [1.807, 2.05) is 6.07 Å². The van der Waals surface area contributed by atoms with E-state index in [9.17, 15) is 0 Å². The number of hydrogen-bond donors (Lipinski definition) is 1. The highest BCUT2D eigenvalue weighted by molar-refractivity contribution is 7.09. The molecule has 96 valence electrons. The summed E-state index contributed by atoms with van der Waals surface area (Å²) >= 11 is 1.75. The lowest BCUT2D eigenvalue weighted by Gasteiger charge is -2.10. The van der Waals surface area contributed by atoms with E-state index in [0.717, 1.165) is 30.3 Å². The molecule has 2 heterocycles. The summed E-state index contributed by atoms with van der Waals surface area (Å²) in [4.78, 5) is 10.5. The Bertz CT molecular complexity index is 492. The van der Waals surface area contributed by atoms with Crippen LogP contribution in [-0.4, -0.2) is 16.5 Å². The predicted octanol–water partition coefficient (Wildman–Crippen LogP) is 3.68. The summed E-state index contributed by atoms with van der Waals surface area (Å²) in [5, 5.41) is 5.37. The van der Waals surface area contributed by atoms with Crippen molar-refractivity contribution in [2.24, 2.45) is 0 Å². The van der Waals surface area contributed by atoms with Crippen molar-refractivity contribution in [2.75, 3.05) is 11.9 Å². The first-order valence-electron chi connectivity index (χ1n) is 6.33. The molecule has 0 amide bonds. The minimum Gasteiger partial charge on any atom is -0.370 e. The van der Waals surface area contributed by atoms with Crippen molar-refractivity contribution in [3.05, 3.63) is 40.0 Å². The SMILES string of the molecule is CCNc1cc(C(C)C)nc(Cc2cccs2)n1. The summed E-state index contributed by atoms with van der Waals surface area (Å²) in [7, 11) is 0. The molecule has 0 aliphatic heterocycles. The maximum absolute atomic E-state index is 4.65. The lowest BCUT2D eigenvalue weighted by Crippen LogP contribution is -2.07. The van der Waals surface area contributed by atoms with E-state index in [0.29, 0.717) is 5.92 Å². The summed E-state index contributed by atoms with van der Waals surface area (Å²) in [5.41, 5.74) is 1.10. The second-order valence-electron chi connectivity index (χ2n) is 4.54. The molecule has 1 N–H and O–H groups in total. The van der Waals surface area contributed by atoms with Gasteiger partial charge in [-0.15, -0.1) is 11.3 Å². The number of hydrogen-bond acceptors (Lipinski definition) is 4. The minimum atomic E-state index is 0.424. The number of rotatable bonds is 5. The van der Waals surface area contributed by atoms with Crippen LogP contribution in [0.15, 0.2) is 23.6 Å². The third-order valence-corrected chi connectivity index (χ3v) is 3.53. The fraction of sp³-hybridized carbons (Fsp3) is 0.429. The van der Waals surface area contributed by atoms with Gasteiger partial charge in [-0.3, -0.25) is 0 Å². The summed E-state index contributed by atoms with van der Waals surface area (Å²) < 4.78 is 0. The van der Waals surface area contributed by atoms with Crippen LogP contribution in [-0.2, 0) is 6.42 Å². The summed E-state index contributed by atoms with van der Waals surface area (Å²) in [5.74, 6) is 2.26. The van der Waals surface area contributed by atoms with Crippen LogP contribution in [0.25, 0.3) is 0 Å². The average molecular weight is 261 g/mol. The van der Waals surface area contributed by atoms with Crippen LogP contribution in [0.5, 0.6) is 0 Å². The summed E-state index contributed by atoms with van der Waals surface area (Å²) in [6.45, 7) is 7.28. The molecule has 0 saturated heterocycles. The van der Waals surface area contributed by atoms with Gasteiger partial charge in [0.1, 0.15) is 11.6 Å².